The molecule has 3 rings (SSSR count). The zero-order valence-corrected chi connectivity index (χ0v) is 14.5. The van der Waals surface area contributed by atoms with Gasteiger partial charge in [-0.15, -0.1) is 0 Å². The van der Waals surface area contributed by atoms with Crippen LogP contribution in [0.5, 0.6) is 0 Å². The number of amides is 4. The molecule has 26 heavy (non-hydrogen) atoms. The summed E-state index contributed by atoms with van der Waals surface area (Å²) >= 11 is 0. The van der Waals surface area contributed by atoms with Crippen molar-refractivity contribution in [3.8, 4) is 0 Å². The lowest BCUT2D eigenvalue weighted by Gasteiger charge is -2.27. The first-order valence-corrected chi connectivity index (χ1v) is 9.70. The van der Waals surface area contributed by atoms with Gasteiger partial charge in [0.25, 0.3) is 11.8 Å². The minimum absolute atomic E-state index is 0.00535. The molecule has 1 unspecified atom stereocenters. The molecule has 0 aliphatic carbocycles. The first-order valence-electron chi connectivity index (χ1n) is 8.05. The van der Waals surface area contributed by atoms with Gasteiger partial charge in [0.1, 0.15) is 6.04 Å². The summed E-state index contributed by atoms with van der Waals surface area (Å²) in [5.74, 6) is -3.06. The number of fused-ring (bicyclic) bond motifs is 1. The van der Waals surface area contributed by atoms with E-state index in [1.54, 1.807) is 0 Å². The molecule has 2 heterocycles. The van der Waals surface area contributed by atoms with E-state index in [9.17, 15) is 27.6 Å². The van der Waals surface area contributed by atoms with E-state index in [-0.39, 0.29) is 47.6 Å². The van der Waals surface area contributed by atoms with Crippen molar-refractivity contribution in [2.24, 2.45) is 5.73 Å². The van der Waals surface area contributed by atoms with E-state index < -0.39 is 39.5 Å². The van der Waals surface area contributed by atoms with Crippen molar-refractivity contribution in [2.45, 2.75) is 30.2 Å². The second-order valence-corrected chi connectivity index (χ2v) is 8.16. The van der Waals surface area contributed by atoms with Crippen LogP contribution in [0.15, 0.2) is 23.1 Å². The number of carbonyl (C=O) groups excluding carboxylic acids is 4. The summed E-state index contributed by atoms with van der Waals surface area (Å²) in [4.78, 5) is 49.3. The monoisotopic (exact) mass is 379 g/mol. The maximum Gasteiger partial charge on any atom is 0.263 e. The molecule has 138 valence electrons. The average Bonchev–Trinajstić information content (AvgIpc) is 2.85. The Hall–Kier alpha value is -2.59. The summed E-state index contributed by atoms with van der Waals surface area (Å²) in [6, 6.07) is 2.86. The summed E-state index contributed by atoms with van der Waals surface area (Å²) in [6.45, 7) is 0.170. The smallest absolute Gasteiger partial charge is 0.263 e. The molecule has 0 aromatic heterocycles. The fourth-order valence-corrected chi connectivity index (χ4v) is 4.69. The van der Waals surface area contributed by atoms with Gasteiger partial charge in [-0.25, -0.2) is 8.42 Å². The van der Waals surface area contributed by atoms with E-state index in [1.165, 1.54) is 18.2 Å². The number of piperidine rings is 1. The Labute approximate surface area is 149 Å². The van der Waals surface area contributed by atoms with Crippen LogP contribution in [0.3, 0.4) is 0 Å². The van der Waals surface area contributed by atoms with Gasteiger partial charge in [-0.05, 0) is 31.5 Å². The van der Waals surface area contributed by atoms with Crippen molar-refractivity contribution in [1.82, 2.24) is 10.2 Å². The molecule has 0 saturated carbocycles. The van der Waals surface area contributed by atoms with E-state index in [1.807, 2.05) is 0 Å². The highest BCUT2D eigenvalue weighted by Crippen LogP contribution is 2.32. The third-order valence-electron chi connectivity index (χ3n) is 4.38. The number of hydrogen-bond acceptors (Lipinski definition) is 7. The zero-order chi connectivity index (χ0) is 19.1. The summed E-state index contributed by atoms with van der Waals surface area (Å²) in [5.41, 5.74) is 5.07. The molecular weight excluding hydrogens is 362 g/mol. The molecule has 1 aromatic rings. The number of hydrogen-bond donors (Lipinski definition) is 2. The van der Waals surface area contributed by atoms with Crippen molar-refractivity contribution in [3.05, 3.63) is 29.3 Å². The zero-order valence-electron chi connectivity index (χ0n) is 13.7. The summed E-state index contributed by atoms with van der Waals surface area (Å²) in [7, 11) is -3.81. The number of sulfone groups is 1. The normalized spacial score (nSPS) is 20.3. The average molecular weight is 379 g/mol. The van der Waals surface area contributed by atoms with Crippen LogP contribution < -0.4 is 11.1 Å². The Morgan fingerprint density at radius 2 is 1.88 bits per heavy atom. The second-order valence-electron chi connectivity index (χ2n) is 6.09. The maximum atomic E-state index is 12.8. The molecule has 1 saturated heterocycles. The van der Waals surface area contributed by atoms with Crippen LogP contribution in [0.25, 0.3) is 0 Å². The Bertz CT molecular complexity index is 924. The van der Waals surface area contributed by atoms with Crippen LogP contribution in [0.2, 0.25) is 0 Å². The fourth-order valence-electron chi connectivity index (χ4n) is 3.13. The third-order valence-corrected chi connectivity index (χ3v) is 6.22. The summed E-state index contributed by atoms with van der Waals surface area (Å²) < 4.78 is 25.1. The summed E-state index contributed by atoms with van der Waals surface area (Å²) in [6.07, 6.45) is 0.210. The quantitative estimate of drug-likeness (QED) is 0.638. The molecule has 2 aliphatic rings. The van der Waals surface area contributed by atoms with Gasteiger partial charge in [0.15, 0.2) is 9.84 Å². The predicted octanol–water partition coefficient (Wildman–Crippen LogP) is -0.790. The van der Waals surface area contributed by atoms with Crippen molar-refractivity contribution in [3.63, 3.8) is 0 Å². The minimum Gasteiger partial charge on any atom is -0.330 e. The third kappa shape index (κ3) is 2.90. The molecule has 1 fully saturated rings. The molecule has 1 aromatic carbocycles. The summed E-state index contributed by atoms with van der Waals surface area (Å²) in [5, 5.41) is 2.09. The first kappa shape index (κ1) is 18.2. The van der Waals surface area contributed by atoms with Crippen LogP contribution >= 0.6 is 0 Å². The van der Waals surface area contributed by atoms with E-state index in [0.29, 0.717) is 0 Å². The molecule has 4 amide bonds. The number of carbonyl (C=O) groups is 4. The lowest BCUT2D eigenvalue weighted by molar-refractivity contribution is -0.136. The Balaban J connectivity index is 2.02. The molecule has 9 nitrogen and oxygen atoms in total. The van der Waals surface area contributed by atoms with Gasteiger partial charge >= 0.3 is 0 Å². The number of rotatable bonds is 5. The van der Waals surface area contributed by atoms with Gasteiger partial charge in [0.2, 0.25) is 11.8 Å². The lowest BCUT2D eigenvalue weighted by atomic mass is 10.0. The first-order chi connectivity index (χ1) is 12.3. The fraction of sp³-hybridized carbons (Fsp3) is 0.375. The Morgan fingerprint density at radius 3 is 2.54 bits per heavy atom. The lowest BCUT2D eigenvalue weighted by Crippen LogP contribution is -2.54. The number of nitrogens with two attached hydrogens (primary N) is 1. The van der Waals surface area contributed by atoms with Gasteiger partial charge in [0, 0.05) is 6.42 Å². The number of nitrogens with zero attached hydrogens (tertiary/aromatic N) is 1. The Kier molecular flexibility index (Phi) is 4.63. The van der Waals surface area contributed by atoms with Crippen LogP contribution in [-0.4, -0.2) is 55.3 Å². The van der Waals surface area contributed by atoms with Gasteiger partial charge in [-0.3, -0.25) is 29.4 Å². The molecule has 0 radical (unpaired) electrons. The number of nitrogens with one attached hydrogen (secondary N) is 1. The molecule has 3 N–H and O–H groups in total. The van der Waals surface area contributed by atoms with Crippen molar-refractivity contribution >= 4 is 33.5 Å². The molecular formula is C16H17N3O6S. The topological polar surface area (TPSA) is 144 Å². The van der Waals surface area contributed by atoms with Crippen LogP contribution in [0, 0.1) is 0 Å². The van der Waals surface area contributed by atoms with E-state index in [2.05, 4.69) is 5.32 Å². The molecule has 10 heteroatoms. The largest absolute Gasteiger partial charge is 0.330 e. The maximum absolute atomic E-state index is 12.8. The molecule has 1 atom stereocenters. The van der Waals surface area contributed by atoms with Crippen molar-refractivity contribution in [1.29, 1.82) is 0 Å². The number of imide groups is 2. The van der Waals surface area contributed by atoms with Crippen molar-refractivity contribution < 1.29 is 27.6 Å². The molecule has 0 spiro atoms. The van der Waals surface area contributed by atoms with Gasteiger partial charge in [0.05, 0.1) is 21.8 Å². The van der Waals surface area contributed by atoms with Gasteiger partial charge in [-0.2, -0.15) is 0 Å². The van der Waals surface area contributed by atoms with Crippen LogP contribution in [0.1, 0.15) is 40.0 Å². The highest BCUT2D eigenvalue weighted by Gasteiger charge is 2.46. The Morgan fingerprint density at radius 1 is 1.15 bits per heavy atom. The SMILES string of the molecule is NCCCS(=O)(=O)c1cccc2c1C(=O)N(C1CCC(=O)NC1=O)C2=O. The second kappa shape index (κ2) is 6.61. The van der Waals surface area contributed by atoms with Crippen LogP contribution in [-0.2, 0) is 19.4 Å². The molecule has 0 bridgehead atoms. The van der Waals surface area contributed by atoms with Crippen LogP contribution in [0.4, 0.5) is 0 Å². The standard InChI is InChI=1S/C16H17N3O6S/c17-7-2-8-26(24,25)11-4-1-3-9-13(11)16(23)19(15(9)22)10-5-6-12(20)18-14(10)21/h1,3-4,10H,2,5-8,17H2,(H,18,20,21). The minimum atomic E-state index is -3.81. The number of benzene rings is 1. The predicted molar refractivity (Wildman–Crippen MR) is 88.8 cm³/mol. The molecule has 2 aliphatic heterocycles. The van der Waals surface area contributed by atoms with Gasteiger partial charge in [-0.1, -0.05) is 6.07 Å². The van der Waals surface area contributed by atoms with E-state index in [0.717, 1.165) is 4.90 Å². The van der Waals surface area contributed by atoms with E-state index in [4.69, 9.17) is 5.73 Å². The van der Waals surface area contributed by atoms with Crippen molar-refractivity contribution in [2.75, 3.05) is 12.3 Å². The van der Waals surface area contributed by atoms with Gasteiger partial charge < -0.3 is 5.73 Å². The highest BCUT2D eigenvalue weighted by atomic mass is 32.2. The van der Waals surface area contributed by atoms with E-state index >= 15 is 0 Å². The highest BCUT2D eigenvalue weighted by molar-refractivity contribution is 7.91.